The molecule has 90 valence electrons. The first-order valence-electron chi connectivity index (χ1n) is 5.74. The van der Waals surface area contributed by atoms with Crippen molar-refractivity contribution in [1.82, 2.24) is 4.90 Å². The van der Waals surface area contributed by atoms with Gasteiger partial charge in [0.25, 0.3) is 0 Å². The number of nitrogens with zero attached hydrogens (tertiary/aromatic N) is 1. The summed E-state index contributed by atoms with van der Waals surface area (Å²) in [6.45, 7) is 10.5. The third-order valence-electron chi connectivity index (χ3n) is 3.45. The molecule has 3 nitrogen and oxygen atoms in total. The van der Waals surface area contributed by atoms with E-state index in [1.54, 1.807) is 7.11 Å². The van der Waals surface area contributed by atoms with Crippen molar-refractivity contribution in [3.05, 3.63) is 0 Å². The first kappa shape index (κ1) is 12.9. The third-order valence-corrected chi connectivity index (χ3v) is 3.45. The van der Waals surface area contributed by atoms with Gasteiger partial charge in [0, 0.05) is 24.7 Å². The molecule has 1 fully saturated rings. The zero-order chi connectivity index (χ0) is 11.7. The summed E-state index contributed by atoms with van der Waals surface area (Å²) in [6, 6.07) is 0. The summed E-state index contributed by atoms with van der Waals surface area (Å²) in [6.07, 6.45) is 1.52. The number of aliphatic hydroxyl groups is 1. The Labute approximate surface area is 93.4 Å². The fourth-order valence-corrected chi connectivity index (χ4v) is 3.05. The van der Waals surface area contributed by atoms with Gasteiger partial charge in [-0.15, -0.1) is 0 Å². The Morgan fingerprint density at radius 1 is 1.20 bits per heavy atom. The van der Waals surface area contributed by atoms with Crippen LogP contribution in [0.5, 0.6) is 0 Å². The highest BCUT2D eigenvalue weighted by atomic mass is 16.5. The van der Waals surface area contributed by atoms with Crippen molar-refractivity contribution in [3.8, 4) is 0 Å². The van der Waals surface area contributed by atoms with Gasteiger partial charge in [0.15, 0.2) is 0 Å². The predicted molar refractivity (Wildman–Crippen MR) is 62.0 cm³/mol. The van der Waals surface area contributed by atoms with Crippen LogP contribution < -0.4 is 0 Å². The van der Waals surface area contributed by atoms with E-state index in [1.807, 2.05) is 0 Å². The fraction of sp³-hybridized carbons (Fsp3) is 1.00. The molecule has 0 radical (unpaired) electrons. The van der Waals surface area contributed by atoms with Crippen LogP contribution in [0.1, 0.15) is 40.5 Å². The normalized spacial score (nSPS) is 26.8. The molecule has 1 saturated heterocycles. The van der Waals surface area contributed by atoms with E-state index in [9.17, 15) is 5.11 Å². The highest BCUT2D eigenvalue weighted by molar-refractivity contribution is 4.99. The molecule has 0 aromatic heterocycles. The van der Waals surface area contributed by atoms with Gasteiger partial charge in [-0.05, 0) is 40.5 Å². The van der Waals surface area contributed by atoms with Gasteiger partial charge in [0.2, 0.25) is 0 Å². The molecule has 1 N–H and O–H groups in total. The SMILES string of the molecule is COCCN1C(C)(C)CC(O)CC1(C)C. The minimum atomic E-state index is -0.172. The smallest absolute Gasteiger partial charge is 0.0590 e. The Kier molecular flexibility index (Phi) is 3.80. The van der Waals surface area contributed by atoms with Gasteiger partial charge in [0.1, 0.15) is 0 Å². The third kappa shape index (κ3) is 2.92. The van der Waals surface area contributed by atoms with Gasteiger partial charge in [0.05, 0.1) is 12.7 Å². The summed E-state index contributed by atoms with van der Waals surface area (Å²) in [5, 5.41) is 9.87. The molecular weight excluding hydrogens is 190 g/mol. The van der Waals surface area contributed by atoms with Crippen LogP contribution in [0.15, 0.2) is 0 Å². The Morgan fingerprint density at radius 3 is 2.07 bits per heavy atom. The first-order chi connectivity index (χ1) is 6.79. The predicted octanol–water partition coefficient (Wildman–Crippen LogP) is 1.65. The molecule has 0 atom stereocenters. The summed E-state index contributed by atoms with van der Waals surface area (Å²) in [7, 11) is 1.73. The Morgan fingerprint density at radius 2 is 1.67 bits per heavy atom. The van der Waals surface area contributed by atoms with E-state index in [2.05, 4.69) is 32.6 Å². The van der Waals surface area contributed by atoms with Gasteiger partial charge >= 0.3 is 0 Å². The summed E-state index contributed by atoms with van der Waals surface area (Å²) in [5.74, 6) is 0. The molecule has 1 aliphatic rings. The van der Waals surface area contributed by atoms with Crippen LogP contribution in [-0.2, 0) is 4.74 Å². The molecule has 0 aliphatic carbocycles. The lowest BCUT2D eigenvalue weighted by molar-refractivity contribution is -0.0878. The molecule has 0 unspecified atom stereocenters. The maximum Gasteiger partial charge on any atom is 0.0590 e. The van der Waals surface area contributed by atoms with Crippen molar-refractivity contribution in [2.45, 2.75) is 57.7 Å². The van der Waals surface area contributed by atoms with Crippen molar-refractivity contribution in [2.75, 3.05) is 20.3 Å². The number of likely N-dealkylation sites (tertiary alicyclic amines) is 1. The van der Waals surface area contributed by atoms with Crippen LogP contribution in [0.4, 0.5) is 0 Å². The highest BCUT2D eigenvalue weighted by Crippen LogP contribution is 2.37. The van der Waals surface area contributed by atoms with Gasteiger partial charge in [-0.3, -0.25) is 4.90 Å². The molecule has 15 heavy (non-hydrogen) atoms. The lowest BCUT2D eigenvalue weighted by atomic mass is 9.78. The maximum absolute atomic E-state index is 9.87. The molecule has 0 aromatic carbocycles. The van der Waals surface area contributed by atoms with Gasteiger partial charge < -0.3 is 9.84 Å². The standard InChI is InChI=1S/C12H25NO2/c1-11(2)8-10(14)9-12(3,4)13(11)6-7-15-5/h10,14H,6-9H2,1-5H3. The van der Waals surface area contributed by atoms with Crippen molar-refractivity contribution < 1.29 is 9.84 Å². The van der Waals surface area contributed by atoms with Crippen LogP contribution in [0.3, 0.4) is 0 Å². The van der Waals surface area contributed by atoms with Crippen LogP contribution >= 0.6 is 0 Å². The Balaban J connectivity index is 2.77. The van der Waals surface area contributed by atoms with Gasteiger partial charge in [-0.2, -0.15) is 0 Å². The van der Waals surface area contributed by atoms with Crippen LogP contribution in [0, 0.1) is 0 Å². The van der Waals surface area contributed by atoms with Crippen molar-refractivity contribution in [3.63, 3.8) is 0 Å². The molecule has 1 heterocycles. The molecule has 1 aliphatic heterocycles. The van der Waals surface area contributed by atoms with Gasteiger partial charge in [-0.1, -0.05) is 0 Å². The number of piperidine rings is 1. The van der Waals surface area contributed by atoms with Crippen molar-refractivity contribution >= 4 is 0 Å². The monoisotopic (exact) mass is 215 g/mol. The van der Waals surface area contributed by atoms with Crippen LogP contribution in [0.2, 0.25) is 0 Å². The second-order valence-electron chi connectivity index (χ2n) is 5.83. The number of ether oxygens (including phenoxy) is 1. The summed E-state index contributed by atoms with van der Waals surface area (Å²) in [4.78, 5) is 2.45. The number of methoxy groups -OCH3 is 1. The van der Waals surface area contributed by atoms with Gasteiger partial charge in [-0.25, -0.2) is 0 Å². The molecule has 0 amide bonds. The second kappa shape index (κ2) is 4.40. The molecule has 3 heteroatoms. The van der Waals surface area contributed by atoms with E-state index >= 15 is 0 Å². The minimum absolute atomic E-state index is 0.0553. The lowest BCUT2D eigenvalue weighted by Gasteiger charge is -2.54. The Hall–Kier alpha value is -0.120. The van der Waals surface area contributed by atoms with E-state index in [0.29, 0.717) is 0 Å². The summed E-state index contributed by atoms with van der Waals surface area (Å²) in [5.41, 5.74) is 0.111. The molecule has 0 saturated carbocycles. The topological polar surface area (TPSA) is 32.7 Å². The van der Waals surface area contributed by atoms with E-state index < -0.39 is 0 Å². The van der Waals surface area contributed by atoms with E-state index in [-0.39, 0.29) is 17.2 Å². The summed E-state index contributed by atoms with van der Waals surface area (Å²) >= 11 is 0. The molecule has 1 rings (SSSR count). The van der Waals surface area contributed by atoms with E-state index in [4.69, 9.17) is 4.74 Å². The van der Waals surface area contributed by atoms with E-state index in [1.165, 1.54) is 0 Å². The number of rotatable bonds is 3. The molecule has 0 spiro atoms. The van der Waals surface area contributed by atoms with Crippen molar-refractivity contribution in [2.24, 2.45) is 0 Å². The lowest BCUT2D eigenvalue weighted by Crippen LogP contribution is -2.62. The average molecular weight is 215 g/mol. The number of hydrogen-bond donors (Lipinski definition) is 1. The Bertz CT molecular complexity index is 196. The van der Waals surface area contributed by atoms with E-state index in [0.717, 1.165) is 26.0 Å². The highest BCUT2D eigenvalue weighted by Gasteiger charge is 2.44. The zero-order valence-corrected chi connectivity index (χ0v) is 10.7. The quantitative estimate of drug-likeness (QED) is 0.777. The molecule has 0 bridgehead atoms. The fourth-order valence-electron chi connectivity index (χ4n) is 3.05. The molecular formula is C12H25NO2. The summed E-state index contributed by atoms with van der Waals surface area (Å²) < 4.78 is 5.15. The number of hydrogen-bond acceptors (Lipinski definition) is 3. The number of aliphatic hydroxyl groups excluding tert-OH is 1. The average Bonchev–Trinajstić information content (AvgIpc) is 1.98. The molecule has 0 aromatic rings. The second-order valence-corrected chi connectivity index (χ2v) is 5.83. The largest absolute Gasteiger partial charge is 0.393 e. The zero-order valence-electron chi connectivity index (χ0n) is 10.7. The first-order valence-corrected chi connectivity index (χ1v) is 5.74. The maximum atomic E-state index is 9.87. The van der Waals surface area contributed by atoms with Crippen LogP contribution in [0.25, 0.3) is 0 Å². The van der Waals surface area contributed by atoms with Crippen molar-refractivity contribution in [1.29, 1.82) is 0 Å². The minimum Gasteiger partial charge on any atom is -0.393 e. The van der Waals surface area contributed by atoms with Crippen LogP contribution in [-0.4, -0.2) is 47.4 Å².